The lowest BCUT2D eigenvalue weighted by molar-refractivity contribution is 0.0954. The SMILES string of the molecule is O=C(NCCc1ccccc1)c1ccc2nc(-c3ccc(F)cc3)c(-c3ccc(F)cc3)nc2c1. The minimum absolute atomic E-state index is 0.199. The fourth-order valence-corrected chi connectivity index (χ4v) is 3.88. The maximum absolute atomic E-state index is 13.6. The van der Waals surface area contributed by atoms with E-state index in [1.807, 2.05) is 30.3 Å². The van der Waals surface area contributed by atoms with Crippen LogP contribution in [0.25, 0.3) is 33.5 Å². The monoisotopic (exact) mass is 465 g/mol. The van der Waals surface area contributed by atoms with Crippen molar-refractivity contribution >= 4 is 16.9 Å². The molecule has 0 aliphatic carbocycles. The van der Waals surface area contributed by atoms with Crippen LogP contribution in [-0.2, 0) is 6.42 Å². The smallest absolute Gasteiger partial charge is 0.251 e. The second-order valence-electron chi connectivity index (χ2n) is 8.13. The lowest BCUT2D eigenvalue weighted by atomic mass is 10.0. The average Bonchev–Trinajstić information content (AvgIpc) is 2.89. The summed E-state index contributed by atoms with van der Waals surface area (Å²) in [5.41, 5.74) is 5.16. The van der Waals surface area contributed by atoms with E-state index in [0.29, 0.717) is 45.7 Å². The Morgan fingerprint density at radius 3 is 1.86 bits per heavy atom. The standard InChI is InChI=1S/C29H21F2N3O/c30-23-11-6-20(7-12-23)27-28(21-8-13-24(31)14-9-21)34-26-18-22(10-15-25(26)33-27)29(35)32-17-16-19-4-2-1-3-5-19/h1-15,18H,16-17H2,(H,32,35). The Labute approximate surface area is 201 Å². The Hall–Kier alpha value is -4.45. The molecule has 0 aliphatic rings. The van der Waals surface area contributed by atoms with Gasteiger partial charge in [0.1, 0.15) is 11.6 Å². The van der Waals surface area contributed by atoms with Crippen LogP contribution in [0, 0.1) is 11.6 Å². The summed E-state index contributed by atoms with van der Waals surface area (Å²) in [4.78, 5) is 22.3. The molecular weight excluding hydrogens is 444 g/mol. The number of benzene rings is 4. The number of nitrogens with one attached hydrogen (secondary N) is 1. The third-order valence-corrected chi connectivity index (χ3v) is 5.70. The molecule has 0 spiro atoms. The lowest BCUT2D eigenvalue weighted by Gasteiger charge is -2.12. The molecule has 0 fully saturated rings. The van der Waals surface area contributed by atoms with Gasteiger partial charge >= 0.3 is 0 Å². The molecule has 4 aromatic carbocycles. The molecule has 5 aromatic rings. The normalized spacial score (nSPS) is 10.9. The molecule has 0 radical (unpaired) electrons. The van der Waals surface area contributed by atoms with Gasteiger partial charge in [-0.15, -0.1) is 0 Å². The van der Waals surface area contributed by atoms with E-state index < -0.39 is 0 Å². The highest BCUT2D eigenvalue weighted by Crippen LogP contribution is 2.31. The van der Waals surface area contributed by atoms with Crippen LogP contribution in [0.2, 0.25) is 0 Å². The number of hydrogen-bond acceptors (Lipinski definition) is 3. The quantitative estimate of drug-likeness (QED) is 0.324. The molecule has 0 atom stereocenters. The molecule has 1 heterocycles. The van der Waals surface area contributed by atoms with Gasteiger partial charge in [-0.1, -0.05) is 30.3 Å². The Bertz CT molecular complexity index is 1490. The summed E-state index contributed by atoms with van der Waals surface area (Å²) in [5.74, 6) is -0.912. The van der Waals surface area contributed by atoms with Crippen molar-refractivity contribution in [3.8, 4) is 22.5 Å². The molecule has 4 nitrogen and oxygen atoms in total. The van der Waals surface area contributed by atoms with E-state index in [-0.39, 0.29) is 17.5 Å². The zero-order valence-electron chi connectivity index (χ0n) is 18.7. The van der Waals surface area contributed by atoms with Gasteiger partial charge in [-0.05, 0) is 78.7 Å². The predicted molar refractivity (Wildman–Crippen MR) is 133 cm³/mol. The minimum Gasteiger partial charge on any atom is -0.352 e. The third kappa shape index (κ3) is 5.06. The van der Waals surface area contributed by atoms with E-state index in [4.69, 9.17) is 9.97 Å². The van der Waals surface area contributed by atoms with Crippen LogP contribution < -0.4 is 5.32 Å². The summed E-state index contributed by atoms with van der Waals surface area (Å²) in [7, 11) is 0. The number of fused-ring (bicyclic) bond motifs is 1. The van der Waals surface area contributed by atoms with Crippen LogP contribution >= 0.6 is 0 Å². The first kappa shape index (κ1) is 22.3. The molecule has 0 saturated heterocycles. The van der Waals surface area contributed by atoms with Crippen molar-refractivity contribution in [1.29, 1.82) is 0 Å². The molecule has 5 rings (SSSR count). The van der Waals surface area contributed by atoms with Gasteiger partial charge in [0, 0.05) is 23.2 Å². The zero-order chi connectivity index (χ0) is 24.2. The molecule has 1 N–H and O–H groups in total. The Balaban J connectivity index is 1.49. The van der Waals surface area contributed by atoms with Crippen molar-refractivity contribution < 1.29 is 13.6 Å². The fourth-order valence-electron chi connectivity index (χ4n) is 3.88. The Morgan fingerprint density at radius 1 is 0.686 bits per heavy atom. The zero-order valence-corrected chi connectivity index (χ0v) is 18.7. The highest BCUT2D eigenvalue weighted by molar-refractivity contribution is 5.98. The van der Waals surface area contributed by atoms with Gasteiger partial charge in [-0.25, -0.2) is 18.7 Å². The van der Waals surface area contributed by atoms with E-state index in [0.717, 1.165) is 12.0 Å². The van der Waals surface area contributed by atoms with Gasteiger partial charge in [0.15, 0.2) is 0 Å². The van der Waals surface area contributed by atoms with Crippen LogP contribution in [0.4, 0.5) is 8.78 Å². The molecular formula is C29H21F2N3O. The van der Waals surface area contributed by atoms with Crippen LogP contribution in [0.5, 0.6) is 0 Å². The van der Waals surface area contributed by atoms with Gasteiger partial charge in [-0.2, -0.15) is 0 Å². The van der Waals surface area contributed by atoms with E-state index in [1.165, 1.54) is 24.3 Å². The van der Waals surface area contributed by atoms with Gasteiger partial charge < -0.3 is 5.32 Å². The number of hydrogen-bond donors (Lipinski definition) is 1. The molecule has 0 bridgehead atoms. The molecule has 1 amide bonds. The van der Waals surface area contributed by atoms with Gasteiger partial charge in [-0.3, -0.25) is 4.79 Å². The summed E-state index contributed by atoms with van der Waals surface area (Å²) in [6.45, 7) is 0.511. The van der Waals surface area contributed by atoms with E-state index in [9.17, 15) is 13.6 Å². The van der Waals surface area contributed by atoms with Crippen LogP contribution in [0.15, 0.2) is 97.1 Å². The number of nitrogens with zero attached hydrogens (tertiary/aromatic N) is 2. The molecule has 172 valence electrons. The van der Waals surface area contributed by atoms with Crippen molar-refractivity contribution in [3.05, 3.63) is 120 Å². The maximum atomic E-state index is 13.6. The Kier molecular flexibility index (Phi) is 6.26. The third-order valence-electron chi connectivity index (χ3n) is 5.70. The Morgan fingerprint density at radius 2 is 1.26 bits per heavy atom. The van der Waals surface area contributed by atoms with Gasteiger partial charge in [0.2, 0.25) is 0 Å². The van der Waals surface area contributed by atoms with E-state index in [1.54, 1.807) is 42.5 Å². The largest absolute Gasteiger partial charge is 0.352 e. The second kappa shape index (κ2) is 9.81. The lowest BCUT2D eigenvalue weighted by Crippen LogP contribution is -2.25. The number of carbonyl (C=O) groups is 1. The first-order chi connectivity index (χ1) is 17.1. The van der Waals surface area contributed by atoms with Crippen molar-refractivity contribution in [2.24, 2.45) is 0 Å². The highest BCUT2D eigenvalue weighted by atomic mass is 19.1. The van der Waals surface area contributed by atoms with Gasteiger partial charge in [0.05, 0.1) is 22.4 Å². The van der Waals surface area contributed by atoms with Crippen molar-refractivity contribution in [1.82, 2.24) is 15.3 Å². The fraction of sp³-hybridized carbons (Fsp3) is 0.0690. The predicted octanol–water partition coefficient (Wildman–Crippen LogP) is 6.21. The molecule has 0 saturated carbocycles. The number of amides is 1. The number of rotatable bonds is 6. The molecule has 0 aliphatic heterocycles. The van der Waals surface area contributed by atoms with Crippen molar-refractivity contribution in [3.63, 3.8) is 0 Å². The summed E-state index contributed by atoms with van der Waals surface area (Å²) >= 11 is 0. The summed E-state index contributed by atoms with van der Waals surface area (Å²) in [5, 5.41) is 2.94. The summed E-state index contributed by atoms with van der Waals surface area (Å²) in [6, 6.07) is 27.0. The number of halogens is 2. The summed E-state index contributed by atoms with van der Waals surface area (Å²) in [6.07, 6.45) is 0.732. The molecule has 6 heteroatoms. The maximum Gasteiger partial charge on any atom is 0.251 e. The minimum atomic E-state index is -0.361. The van der Waals surface area contributed by atoms with E-state index >= 15 is 0 Å². The topological polar surface area (TPSA) is 54.9 Å². The first-order valence-corrected chi connectivity index (χ1v) is 11.2. The number of carbonyl (C=O) groups excluding carboxylic acids is 1. The molecule has 1 aromatic heterocycles. The van der Waals surface area contributed by atoms with Gasteiger partial charge in [0.25, 0.3) is 5.91 Å². The molecule has 0 unspecified atom stereocenters. The van der Waals surface area contributed by atoms with Crippen LogP contribution in [-0.4, -0.2) is 22.4 Å². The number of aromatic nitrogens is 2. The molecule has 35 heavy (non-hydrogen) atoms. The van der Waals surface area contributed by atoms with Crippen molar-refractivity contribution in [2.75, 3.05) is 6.54 Å². The highest BCUT2D eigenvalue weighted by Gasteiger charge is 2.15. The van der Waals surface area contributed by atoms with Crippen LogP contribution in [0.3, 0.4) is 0 Å². The summed E-state index contributed by atoms with van der Waals surface area (Å²) < 4.78 is 27.1. The van der Waals surface area contributed by atoms with E-state index in [2.05, 4.69) is 5.32 Å². The van der Waals surface area contributed by atoms with Crippen LogP contribution in [0.1, 0.15) is 15.9 Å². The first-order valence-electron chi connectivity index (χ1n) is 11.2. The average molecular weight is 466 g/mol. The second-order valence-corrected chi connectivity index (χ2v) is 8.13. The van der Waals surface area contributed by atoms with Crippen molar-refractivity contribution in [2.45, 2.75) is 6.42 Å².